The average Bonchev–Trinajstić information content (AvgIpc) is 2.01. The summed E-state index contributed by atoms with van der Waals surface area (Å²) in [6.45, 7) is 1.91. The molecule has 0 saturated carbocycles. The molecule has 0 spiro atoms. The average molecular weight is 149 g/mol. The molecule has 0 fully saturated rings. The van der Waals surface area contributed by atoms with Crippen molar-refractivity contribution in [2.24, 2.45) is 0 Å². The Morgan fingerprint density at radius 1 is 1.64 bits per heavy atom. The lowest BCUT2D eigenvalue weighted by Crippen LogP contribution is -1.95. The standard InChI is InChI=1S/C8H12BNO/c1-3-7(6-11)4-8(9)5-10-2/h4-6,10H,3H2,1-2H3/b7-4-,8-5+. The van der Waals surface area contributed by atoms with Crippen LogP contribution in [-0.2, 0) is 4.79 Å². The van der Waals surface area contributed by atoms with Gasteiger partial charge in [-0.1, -0.05) is 18.5 Å². The Labute approximate surface area is 68.8 Å². The van der Waals surface area contributed by atoms with Gasteiger partial charge in [0.05, 0.1) is 0 Å². The molecule has 0 aliphatic rings. The van der Waals surface area contributed by atoms with Gasteiger partial charge in [-0.2, -0.15) is 0 Å². The Morgan fingerprint density at radius 3 is 2.64 bits per heavy atom. The Kier molecular flexibility index (Phi) is 5.26. The fourth-order valence-electron chi connectivity index (χ4n) is 0.642. The van der Waals surface area contributed by atoms with Crippen LogP contribution < -0.4 is 5.32 Å². The van der Waals surface area contributed by atoms with E-state index in [0.717, 1.165) is 6.29 Å². The maximum absolute atomic E-state index is 10.3. The molecule has 3 heteroatoms. The lowest BCUT2D eigenvalue weighted by molar-refractivity contribution is -0.105. The molecule has 11 heavy (non-hydrogen) atoms. The summed E-state index contributed by atoms with van der Waals surface area (Å²) in [7, 11) is 7.26. The van der Waals surface area contributed by atoms with Gasteiger partial charge in [0.2, 0.25) is 0 Å². The van der Waals surface area contributed by atoms with Gasteiger partial charge in [-0.25, -0.2) is 0 Å². The fourth-order valence-corrected chi connectivity index (χ4v) is 0.642. The van der Waals surface area contributed by atoms with Crippen molar-refractivity contribution < 1.29 is 4.79 Å². The van der Waals surface area contributed by atoms with Gasteiger partial charge in [0.1, 0.15) is 14.1 Å². The number of hydrogen-bond donors (Lipinski definition) is 1. The van der Waals surface area contributed by atoms with Gasteiger partial charge in [0.25, 0.3) is 0 Å². The second-order valence-electron chi connectivity index (χ2n) is 2.12. The van der Waals surface area contributed by atoms with Crippen LogP contribution in [0.25, 0.3) is 0 Å². The molecule has 0 bridgehead atoms. The molecule has 0 aromatic heterocycles. The predicted octanol–water partition coefficient (Wildman–Crippen LogP) is 0.751. The summed E-state index contributed by atoms with van der Waals surface area (Å²) < 4.78 is 0. The molecule has 0 amide bonds. The molecule has 1 N–H and O–H groups in total. The summed E-state index contributed by atoms with van der Waals surface area (Å²) in [5.74, 6) is 0. The molecule has 0 aromatic carbocycles. The van der Waals surface area contributed by atoms with Crippen LogP contribution in [0, 0.1) is 0 Å². The van der Waals surface area contributed by atoms with Crippen LogP contribution in [0.1, 0.15) is 13.3 Å². The minimum absolute atomic E-state index is 0.566. The van der Waals surface area contributed by atoms with E-state index in [1.54, 1.807) is 19.3 Å². The largest absolute Gasteiger partial charge is 0.394 e. The molecule has 58 valence electrons. The van der Waals surface area contributed by atoms with Crippen molar-refractivity contribution in [1.82, 2.24) is 5.32 Å². The molecule has 0 heterocycles. The van der Waals surface area contributed by atoms with Gasteiger partial charge in [-0.3, -0.25) is 4.79 Å². The third-order valence-electron chi connectivity index (χ3n) is 1.22. The van der Waals surface area contributed by atoms with E-state index in [-0.39, 0.29) is 0 Å². The zero-order chi connectivity index (χ0) is 8.69. The van der Waals surface area contributed by atoms with Crippen LogP contribution in [0.5, 0.6) is 0 Å². The zero-order valence-corrected chi connectivity index (χ0v) is 6.92. The Hall–Kier alpha value is -0.985. The van der Waals surface area contributed by atoms with Gasteiger partial charge in [-0.05, 0) is 18.2 Å². The first-order valence-corrected chi connectivity index (χ1v) is 3.53. The second-order valence-corrected chi connectivity index (χ2v) is 2.12. The van der Waals surface area contributed by atoms with Gasteiger partial charge in [-0.15, -0.1) is 0 Å². The number of nitrogens with one attached hydrogen (secondary N) is 1. The van der Waals surface area contributed by atoms with Gasteiger partial charge >= 0.3 is 0 Å². The van der Waals surface area contributed by atoms with Crippen LogP contribution in [-0.4, -0.2) is 21.2 Å². The van der Waals surface area contributed by atoms with E-state index in [1.165, 1.54) is 0 Å². The fraction of sp³-hybridized carbons (Fsp3) is 0.375. The molecule has 0 rings (SSSR count). The summed E-state index contributed by atoms with van der Waals surface area (Å²) in [6.07, 6.45) is 4.82. The predicted molar refractivity (Wildman–Crippen MR) is 47.3 cm³/mol. The van der Waals surface area contributed by atoms with Crippen LogP contribution in [0.15, 0.2) is 23.3 Å². The first-order chi connectivity index (χ1) is 5.24. The molecule has 0 saturated heterocycles. The summed E-state index contributed by atoms with van der Waals surface area (Å²) in [4.78, 5) is 10.3. The number of allylic oxidation sites excluding steroid dienone is 3. The van der Waals surface area contributed by atoms with Crippen molar-refractivity contribution >= 4 is 14.1 Å². The molecule has 0 aliphatic heterocycles. The third-order valence-corrected chi connectivity index (χ3v) is 1.22. The SMILES string of the molecule is [B]C(=C/NC)/C=C(\C=O)CC. The van der Waals surface area contributed by atoms with Gasteiger partial charge in [0, 0.05) is 7.05 Å². The van der Waals surface area contributed by atoms with Gasteiger partial charge < -0.3 is 5.32 Å². The number of aldehydes is 1. The monoisotopic (exact) mass is 149 g/mol. The van der Waals surface area contributed by atoms with Crippen LogP contribution in [0.4, 0.5) is 0 Å². The highest BCUT2D eigenvalue weighted by Crippen LogP contribution is 1.99. The lowest BCUT2D eigenvalue weighted by Gasteiger charge is -1.95. The minimum Gasteiger partial charge on any atom is -0.394 e. The van der Waals surface area contributed by atoms with Crippen molar-refractivity contribution in [2.75, 3.05) is 7.05 Å². The Bertz CT molecular complexity index is 185. The van der Waals surface area contributed by atoms with E-state index in [2.05, 4.69) is 5.32 Å². The summed E-state index contributed by atoms with van der Waals surface area (Å²) in [5, 5.41) is 2.77. The van der Waals surface area contributed by atoms with Gasteiger partial charge in [0.15, 0.2) is 0 Å². The third kappa shape index (κ3) is 4.42. The van der Waals surface area contributed by atoms with E-state index < -0.39 is 0 Å². The van der Waals surface area contributed by atoms with Crippen molar-refractivity contribution in [3.05, 3.63) is 23.3 Å². The van der Waals surface area contributed by atoms with E-state index in [9.17, 15) is 4.79 Å². The van der Waals surface area contributed by atoms with Crippen LogP contribution in [0.3, 0.4) is 0 Å². The Morgan fingerprint density at radius 2 is 2.27 bits per heavy atom. The quantitative estimate of drug-likeness (QED) is 0.276. The second kappa shape index (κ2) is 5.77. The van der Waals surface area contributed by atoms with Crippen LogP contribution >= 0.6 is 0 Å². The number of carbonyl (C=O) groups is 1. The Balaban J connectivity index is 4.25. The molecule has 0 aromatic rings. The summed E-state index contributed by atoms with van der Waals surface area (Å²) in [6, 6.07) is 0. The summed E-state index contributed by atoms with van der Waals surface area (Å²) in [5.41, 5.74) is 1.27. The van der Waals surface area contributed by atoms with E-state index >= 15 is 0 Å². The molecular formula is C8H12BNO. The highest BCUT2D eigenvalue weighted by molar-refractivity contribution is 6.23. The first kappa shape index (κ1) is 10.0. The van der Waals surface area contributed by atoms with E-state index in [4.69, 9.17) is 7.85 Å². The molecule has 0 atom stereocenters. The molecular weight excluding hydrogens is 137 g/mol. The van der Waals surface area contributed by atoms with Crippen molar-refractivity contribution in [2.45, 2.75) is 13.3 Å². The highest BCUT2D eigenvalue weighted by Gasteiger charge is 1.89. The first-order valence-electron chi connectivity index (χ1n) is 3.53. The lowest BCUT2D eigenvalue weighted by atomic mass is 9.94. The van der Waals surface area contributed by atoms with Crippen molar-refractivity contribution in [3.8, 4) is 0 Å². The minimum atomic E-state index is 0.566. The van der Waals surface area contributed by atoms with E-state index in [0.29, 0.717) is 17.5 Å². The summed E-state index contributed by atoms with van der Waals surface area (Å²) >= 11 is 0. The molecule has 0 unspecified atom stereocenters. The number of hydrogen-bond acceptors (Lipinski definition) is 2. The maximum atomic E-state index is 10.3. The highest BCUT2D eigenvalue weighted by atomic mass is 16.1. The normalized spacial score (nSPS) is 12.9. The topological polar surface area (TPSA) is 29.1 Å². The number of carbonyl (C=O) groups excluding carboxylic acids is 1. The van der Waals surface area contributed by atoms with Crippen molar-refractivity contribution in [1.29, 1.82) is 0 Å². The molecule has 0 aliphatic carbocycles. The van der Waals surface area contributed by atoms with Crippen LogP contribution in [0.2, 0.25) is 0 Å². The molecule has 2 radical (unpaired) electrons. The molecule has 2 nitrogen and oxygen atoms in total. The number of rotatable bonds is 4. The maximum Gasteiger partial charge on any atom is 0.145 e. The van der Waals surface area contributed by atoms with Crippen molar-refractivity contribution in [3.63, 3.8) is 0 Å². The van der Waals surface area contributed by atoms with E-state index in [1.807, 2.05) is 6.92 Å². The smallest absolute Gasteiger partial charge is 0.145 e. The zero-order valence-electron chi connectivity index (χ0n) is 6.92.